The van der Waals surface area contributed by atoms with Crippen molar-refractivity contribution >= 4 is 17.9 Å². The Bertz CT molecular complexity index is 326. The molecule has 0 aliphatic rings. The summed E-state index contributed by atoms with van der Waals surface area (Å²) in [4.78, 5) is 31.7. The molecule has 128 valence electrons. The molecule has 0 rings (SSSR count). The SMILES string of the molecule is O=C(O)CCCCCCCCCCCCC(C(=O)O)C(=O)O. The van der Waals surface area contributed by atoms with Gasteiger partial charge in [0.05, 0.1) is 0 Å². The number of aliphatic carboxylic acids is 3. The van der Waals surface area contributed by atoms with Gasteiger partial charge >= 0.3 is 17.9 Å². The minimum atomic E-state index is -1.27. The Hall–Kier alpha value is -1.59. The van der Waals surface area contributed by atoms with Gasteiger partial charge < -0.3 is 15.3 Å². The average molecular weight is 316 g/mol. The molecule has 0 saturated carbocycles. The molecule has 6 heteroatoms. The lowest BCUT2D eigenvalue weighted by Gasteiger charge is -2.06. The maximum Gasteiger partial charge on any atom is 0.317 e. The van der Waals surface area contributed by atoms with Gasteiger partial charge in [-0.15, -0.1) is 0 Å². The number of hydrogen-bond acceptors (Lipinski definition) is 3. The van der Waals surface area contributed by atoms with Gasteiger partial charge in [-0.2, -0.15) is 0 Å². The minimum Gasteiger partial charge on any atom is -0.481 e. The van der Waals surface area contributed by atoms with Crippen LogP contribution in [0.1, 0.15) is 77.0 Å². The summed E-state index contributed by atoms with van der Waals surface area (Å²) in [6.45, 7) is 0. The maximum atomic E-state index is 10.7. The Kier molecular flexibility index (Phi) is 12.2. The van der Waals surface area contributed by atoms with Gasteiger partial charge in [-0.3, -0.25) is 14.4 Å². The molecule has 0 radical (unpaired) electrons. The van der Waals surface area contributed by atoms with E-state index >= 15 is 0 Å². The Morgan fingerprint density at radius 3 is 1.32 bits per heavy atom. The molecule has 0 aromatic heterocycles. The normalized spacial score (nSPS) is 10.8. The summed E-state index contributed by atoms with van der Waals surface area (Å²) < 4.78 is 0. The number of rotatable bonds is 15. The maximum absolute atomic E-state index is 10.7. The van der Waals surface area contributed by atoms with Crippen LogP contribution in [0.15, 0.2) is 0 Å². The van der Waals surface area contributed by atoms with E-state index in [0.717, 1.165) is 57.8 Å². The van der Waals surface area contributed by atoms with Crippen LogP contribution < -0.4 is 0 Å². The van der Waals surface area contributed by atoms with Gasteiger partial charge in [0.25, 0.3) is 0 Å². The molecule has 0 bridgehead atoms. The highest BCUT2D eigenvalue weighted by Crippen LogP contribution is 2.14. The molecule has 0 unspecified atom stereocenters. The summed E-state index contributed by atoms with van der Waals surface area (Å²) in [5.74, 6) is -4.51. The first kappa shape index (κ1) is 20.4. The predicted molar refractivity (Wildman–Crippen MR) is 81.8 cm³/mol. The first-order valence-electron chi connectivity index (χ1n) is 8.12. The fourth-order valence-electron chi connectivity index (χ4n) is 2.39. The van der Waals surface area contributed by atoms with Crippen molar-refractivity contribution in [1.29, 1.82) is 0 Å². The zero-order valence-corrected chi connectivity index (χ0v) is 13.1. The second-order valence-corrected chi connectivity index (χ2v) is 5.70. The van der Waals surface area contributed by atoms with E-state index in [2.05, 4.69) is 0 Å². The zero-order valence-electron chi connectivity index (χ0n) is 13.1. The number of carbonyl (C=O) groups is 3. The zero-order chi connectivity index (χ0) is 16.8. The summed E-state index contributed by atoms with van der Waals surface area (Å²) in [5.41, 5.74) is 0. The van der Waals surface area contributed by atoms with E-state index in [1.54, 1.807) is 0 Å². The van der Waals surface area contributed by atoms with Gasteiger partial charge in [-0.1, -0.05) is 57.8 Å². The average Bonchev–Trinajstić information content (AvgIpc) is 2.42. The quantitative estimate of drug-likeness (QED) is 0.315. The molecule has 0 aliphatic heterocycles. The third-order valence-corrected chi connectivity index (χ3v) is 3.73. The van der Waals surface area contributed by atoms with Gasteiger partial charge in [0.15, 0.2) is 5.92 Å². The fraction of sp³-hybridized carbons (Fsp3) is 0.812. The van der Waals surface area contributed by atoms with Crippen LogP contribution in [-0.2, 0) is 14.4 Å². The summed E-state index contributed by atoms with van der Waals surface area (Å²) in [7, 11) is 0. The van der Waals surface area contributed by atoms with Gasteiger partial charge in [-0.05, 0) is 12.8 Å². The predicted octanol–water partition coefficient (Wildman–Crippen LogP) is 3.54. The van der Waals surface area contributed by atoms with Crippen LogP contribution in [0, 0.1) is 5.92 Å². The topological polar surface area (TPSA) is 112 Å². The first-order valence-corrected chi connectivity index (χ1v) is 8.12. The van der Waals surface area contributed by atoms with Crippen LogP contribution in [-0.4, -0.2) is 33.2 Å². The molecule has 3 N–H and O–H groups in total. The molecule has 0 saturated heterocycles. The fourth-order valence-corrected chi connectivity index (χ4v) is 2.39. The third kappa shape index (κ3) is 12.2. The number of carboxylic acid groups (broad SMARTS) is 3. The van der Waals surface area contributed by atoms with Crippen molar-refractivity contribution in [2.24, 2.45) is 5.92 Å². The smallest absolute Gasteiger partial charge is 0.317 e. The van der Waals surface area contributed by atoms with Crippen molar-refractivity contribution < 1.29 is 29.7 Å². The van der Waals surface area contributed by atoms with Gasteiger partial charge in [0.2, 0.25) is 0 Å². The molecule has 0 heterocycles. The lowest BCUT2D eigenvalue weighted by molar-refractivity contribution is -0.154. The molecule has 22 heavy (non-hydrogen) atoms. The minimum absolute atomic E-state index is 0.203. The third-order valence-electron chi connectivity index (χ3n) is 3.73. The summed E-state index contributed by atoms with van der Waals surface area (Å²) in [5, 5.41) is 25.9. The van der Waals surface area contributed by atoms with Gasteiger partial charge in [0.1, 0.15) is 0 Å². The van der Waals surface area contributed by atoms with Crippen molar-refractivity contribution in [2.45, 2.75) is 77.0 Å². The van der Waals surface area contributed by atoms with Crippen molar-refractivity contribution in [3.63, 3.8) is 0 Å². The second kappa shape index (κ2) is 13.1. The molecule has 0 atom stereocenters. The van der Waals surface area contributed by atoms with Crippen molar-refractivity contribution in [3.8, 4) is 0 Å². The van der Waals surface area contributed by atoms with Crippen LogP contribution in [0.3, 0.4) is 0 Å². The highest BCUT2D eigenvalue weighted by atomic mass is 16.4. The standard InChI is InChI=1S/C16H28O6/c17-14(18)12-10-8-6-4-2-1-3-5-7-9-11-13(15(19)20)16(21)22/h13H,1-12H2,(H,17,18)(H,19,20)(H,21,22). The summed E-state index contributed by atoms with van der Waals surface area (Å²) >= 11 is 0. The molecule has 0 fully saturated rings. The van der Waals surface area contributed by atoms with Crippen LogP contribution in [0.5, 0.6) is 0 Å². The Morgan fingerprint density at radius 1 is 0.591 bits per heavy atom. The highest BCUT2D eigenvalue weighted by molar-refractivity contribution is 5.92. The summed E-state index contributed by atoms with van der Waals surface area (Å²) in [6, 6.07) is 0. The van der Waals surface area contributed by atoms with E-state index in [1.165, 1.54) is 0 Å². The Morgan fingerprint density at radius 2 is 0.955 bits per heavy atom. The molecular weight excluding hydrogens is 288 g/mol. The van der Waals surface area contributed by atoms with E-state index in [4.69, 9.17) is 15.3 Å². The lowest BCUT2D eigenvalue weighted by atomic mass is 10.00. The van der Waals surface area contributed by atoms with Crippen LogP contribution in [0.2, 0.25) is 0 Å². The van der Waals surface area contributed by atoms with Crippen molar-refractivity contribution in [3.05, 3.63) is 0 Å². The van der Waals surface area contributed by atoms with Crippen LogP contribution in [0.4, 0.5) is 0 Å². The molecular formula is C16H28O6. The van der Waals surface area contributed by atoms with Crippen LogP contribution in [0.25, 0.3) is 0 Å². The van der Waals surface area contributed by atoms with Gasteiger partial charge in [0, 0.05) is 6.42 Å². The Balaban J connectivity index is 3.31. The van der Waals surface area contributed by atoms with Crippen molar-refractivity contribution in [1.82, 2.24) is 0 Å². The van der Waals surface area contributed by atoms with E-state index in [9.17, 15) is 14.4 Å². The summed E-state index contributed by atoms with van der Waals surface area (Å²) in [6.07, 6.45) is 10.2. The van der Waals surface area contributed by atoms with E-state index in [-0.39, 0.29) is 12.8 Å². The Labute approximate surface area is 131 Å². The highest BCUT2D eigenvalue weighted by Gasteiger charge is 2.24. The monoisotopic (exact) mass is 316 g/mol. The second-order valence-electron chi connectivity index (χ2n) is 5.70. The van der Waals surface area contributed by atoms with E-state index < -0.39 is 23.8 Å². The van der Waals surface area contributed by atoms with Crippen LogP contribution >= 0.6 is 0 Å². The van der Waals surface area contributed by atoms with Gasteiger partial charge in [-0.25, -0.2) is 0 Å². The van der Waals surface area contributed by atoms with E-state index in [0.29, 0.717) is 6.42 Å². The number of hydrogen-bond donors (Lipinski definition) is 3. The largest absolute Gasteiger partial charge is 0.481 e. The molecule has 0 aromatic rings. The molecule has 0 spiro atoms. The first-order chi connectivity index (χ1) is 10.4. The number of unbranched alkanes of at least 4 members (excludes halogenated alkanes) is 9. The molecule has 0 aliphatic carbocycles. The lowest BCUT2D eigenvalue weighted by Crippen LogP contribution is -2.23. The number of carboxylic acids is 3. The molecule has 0 aromatic carbocycles. The molecule has 0 amide bonds. The molecule has 6 nitrogen and oxygen atoms in total. The van der Waals surface area contributed by atoms with E-state index in [1.807, 2.05) is 0 Å². The van der Waals surface area contributed by atoms with Crippen molar-refractivity contribution in [2.75, 3.05) is 0 Å².